The van der Waals surface area contributed by atoms with Gasteiger partial charge in [-0.05, 0) is 0 Å². The molecule has 0 radical (unpaired) electrons. The summed E-state index contributed by atoms with van der Waals surface area (Å²) in [4.78, 5) is 34.9. The second-order valence-electron chi connectivity index (χ2n) is 2.12. The molecule has 0 N–H and O–H groups in total. The average Bonchev–Trinajstić information content (AvgIpc) is 2.18. The Hall–Kier alpha value is -2.01. The zero-order chi connectivity index (χ0) is 11.1. The van der Waals surface area contributed by atoms with E-state index in [1.165, 1.54) is 0 Å². The standard InChI is InChI=1S/C7H8N2O5/c1-13-5(11)3-4(10)6(9-8)7(12)14-2/h3H2,1-2H3. The third-order valence-electron chi connectivity index (χ3n) is 1.28. The molecule has 0 bridgehead atoms. The molecule has 0 unspecified atom stereocenters. The number of carbonyl (C=O) groups is 3. The third kappa shape index (κ3) is 3.16. The number of Topliss-reactive ketones (excluding diaryl/α,β-unsaturated/α-hetero) is 1. The van der Waals surface area contributed by atoms with E-state index in [1.807, 2.05) is 0 Å². The minimum absolute atomic E-state index is 0.676. The van der Waals surface area contributed by atoms with Crippen LogP contribution in [0.5, 0.6) is 0 Å². The summed E-state index contributed by atoms with van der Waals surface area (Å²) in [6.45, 7) is 0. The molecule has 0 amide bonds. The van der Waals surface area contributed by atoms with Crippen LogP contribution in [0.4, 0.5) is 0 Å². The molecule has 0 rings (SSSR count). The number of ether oxygens (including phenoxy) is 2. The fourth-order valence-corrected chi connectivity index (χ4v) is 0.594. The van der Waals surface area contributed by atoms with Crippen molar-refractivity contribution in [3.05, 3.63) is 5.53 Å². The van der Waals surface area contributed by atoms with Crippen LogP contribution in [0.1, 0.15) is 6.42 Å². The van der Waals surface area contributed by atoms with Crippen LogP contribution in [0.2, 0.25) is 0 Å². The highest BCUT2D eigenvalue weighted by Crippen LogP contribution is 1.90. The molecular weight excluding hydrogens is 192 g/mol. The highest BCUT2D eigenvalue weighted by atomic mass is 16.5. The van der Waals surface area contributed by atoms with E-state index >= 15 is 0 Å². The molecular formula is C7H8N2O5. The highest BCUT2D eigenvalue weighted by molar-refractivity contribution is 6.63. The van der Waals surface area contributed by atoms with Crippen LogP contribution >= 0.6 is 0 Å². The zero-order valence-electron chi connectivity index (χ0n) is 7.64. The van der Waals surface area contributed by atoms with Gasteiger partial charge in [-0.2, -0.15) is 4.79 Å². The van der Waals surface area contributed by atoms with Gasteiger partial charge in [0, 0.05) is 0 Å². The van der Waals surface area contributed by atoms with Gasteiger partial charge in [-0.3, -0.25) is 9.59 Å². The first-order chi connectivity index (χ1) is 6.56. The monoisotopic (exact) mass is 200 g/mol. The lowest BCUT2D eigenvalue weighted by atomic mass is 10.2. The molecule has 14 heavy (non-hydrogen) atoms. The number of hydrogen-bond acceptors (Lipinski definition) is 5. The summed E-state index contributed by atoms with van der Waals surface area (Å²) >= 11 is 0. The van der Waals surface area contributed by atoms with Crippen LogP contribution in [0.15, 0.2) is 0 Å². The molecule has 0 saturated carbocycles. The third-order valence-corrected chi connectivity index (χ3v) is 1.28. The van der Waals surface area contributed by atoms with Gasteiger partial charge in [-0.15, -0.1) is 0 Å². The molecule has 0 aliphatic heterocycles. The minimum atomic E-state index is -1.11. The number of nitrogens with zero attached hydrogens (tertiary/aromatic N) is 2. The van der Waals surface area contributed by atoms with Crippen molar-refractivity contribution in [2.24, 2.45) is 0 Å². The molecule has 0 saturated heterocycles. The maximum atomic E-state index is 11.1. The fourth-order valence-electron chi connectivity index (χ4n) is 0.594. The molecule has 0 aliphatic rings. The van der Waals surface area contributed by atoms with Crippen LogP contribution in [0.25, 0.3) is 5.53 Å². The smallest absolute Gasteiger partial charge is 0.442 e. The lowest BCUT2D eigenvalue weighted by Crippen LogP contribution is -2.28. The van der Waals surface area contributed by atoms with E-state index in [0.29, 0.717) is 0 Å². The van der Waals surface area contributed by atoms with Crippen LogP contribution < -0.4 is 0 Å². The summed E-state index contributed by atoms with van der Waals surface area (Å²) in [6, 6.07) is 0. The molecule has 0 fully saturated rings. The molecule has 0 spiro atoms. The molecule has 0 atom stereocenters. The van der Waals surface area contributed by atoms with E-state index in [4.69, 9.17) is 5.53 Å². The predicted octanol–water partition coefficient (Wildman–Crippen LogP) is -1.04. The van der Waals surface area contributed by atoms with Crippen LogP contribution in [-0.2, 0) is 23.9 Å². The second kappa shape index (κ2) is 5.60. The van der Waals surface area contributed by atoms with Gasteiger partial charge in [0.05, 0.1) is 14.2 Å². The topological polar surface area (TPSA) is 106 Å². The Kier molecular flexibility index (Phi) is 4.80. The molecule has 0 aromatic carbocycles. The summed E-state index contributed by atoms with van der Waals surface area (Å²) < 4.78 is 8.32. The van der Waals surface area contributed by atoms with Gasteiger partial charge in [0.2, 0.25) is 0 Å². The molecule has 0 aromatic rings. The first-order valence-corrected chi connectivity index (χ1v) is 3.47. The number of esters is 2. The average molecular weight is 200 g/mol. The molecule has 7 nitrogen and oxygen atoms in total. The van der Waals surface area contributed by atoms with Crippen molar-refractivity contribution >= 4 is 23.4 Å². The first kappa shape index (κ1) is 12.0. The van der Waals surface area contributed by atoms with Gasteiger partial charge >= 0.3 is 17.7 Å². The Bertz CT molecular complexity index is 316. The summed E-state index contributed by atoms with van der Waals surface area (Å²) in [5, 5.41) is 0. The zero-order valence-corrected chi connectivity index (χ0v) is 7.64. The number of hydrogen-bond donors (Lipinski definition) is 0. The van der Waals surface area contributed by atoms with Crippen molar-refractivity contribution in [1.82, 2.24) is 0 Å². The summed E-state index contributed by atoms with van der Waals surface area (Å²) in [5.41, 5.74) is 7.46. The minimum Gasteiger partial charge on any atom is -0.469 e. The van der Waals surface area contributed by atoms with Crippen molar-refractivity contribution in [3.63, 3.8) is 0 Å². The van der Waals surface area contributed by atoms with E-state index in [1.54, 1.807) is 0 Å². The Labute approximate surface area is 79.2 Å². The van der Waals surface area contributed by atoms with E-state index in [-0.39, 0.29) is 0 Å². The fraction of sp³-hybridized carbons (Fsp3) is 0.429. The van der Waals surface area contributed by atoms with E-state index in [2.05, 4.69) is 14.3 Å². The summed E-state index contributed by atoms with van der Waals surface area (Å²) in [6.07, 6.45) is -0.676. The highest BCUT2D eigenvalue weighted by Gasteiger charge is 2.32. The van der Waals surface area contributed by atoms with Crippen molar-refractivity contribution in [2.45, 2.75) is 6.42 Å². The van der Waals surface area contributed by atoms with Crippen molar-refractivity contribution in [1.29, 1.82) is 0 Å². The van der Waals surface area contributed by atoms with E-state index in [0.717, 1.165) is 14.2 Å². The molecule has 0 heterocycles. The lowest BCUT2D eigenvalue weighted by molar-refractivity contribution is -0.144. The lowest BCUT2D eigenvalue weighted by Gasteiger charge is -1.94. The number of methoxy groups -OCH3 is 2. The summed E-state index contributed by atoms with van der Waals surface area (Å²) in [7, 11) is 2.10. The van der Waals surface area contributed by atoms with Crippen LogP contribution in [-0.4, -0.2) is 42.4 Å². The molecule has 76 valence electrons. The van der Waals surface area contributed by atoms with Gasteiger partial charge in [0.25, 0.3) is 5.78 Å². The van der Waals surface area contributed by atoms with Crippen LogP contribution in [0.3, 0.4) is 0 Å². The van der Waals surface area contributed by atoms with Gasteiger partial charge in [-0.25, -0.2) is 4.79 Å². The number of ketones is 1. The Morgan fingerprint density at radius 1 is 1.21 bits per heavy atom. The summed E-state index contributed by atoms with van der Waals surface area (Å²) in [5.74, 6) is -2.91. The van der Waals surface area contributed by atoms with Crippen molar-refractivity contribution < 1.29 is 28.6 Å². The maximum absolute atomic E-state index is 11.1. The first-order valence-electron chi connectivity index (χ1n) is 3.47. The normalized spacial score (nSPS) is 8.43. The van der Waals surface area contributed by atoms with Gasteiger partial charge in [-0.1, -0.05) is 0 Å². The van der Waals surface area contributed by atoms with Gasteiger partial charge < -0.3 is 15.0 Å². The Morgan fingerprint density at radius 3 is 2.14 bits per heavy atom. The quantitative estimate of drug-likeness (QED) is 0.189. The molecule has 0 aliphatic carbocycles. The largest absolute Gasteiger partial charge is 0.469 e. The van der Waals surface area contributed by atoms with E-state index < -0.39 is 29.9 Å². The Balaban J connectivity index is 4.59. The predicted molar refractivity (Wildman–Crippen MR) is 42.3 cm³/mol. The van der Waals surface area contributed by atoms with E-state index in [9.17, 15) is 14.4 Å². The maximum Gasteiger partial charge on any atom is 0.442 e. The van der Waals surface area contributed by atoms with Crippen molar-refractivity contribution in [2.75, 3.05) is 14.2 Å². The van der Waals surface area contributed by atoms with Gasteiger partial charge in [0.15, 0.2) is 0 Å². The van der Waals surface area contributed by atoms with Gasteiger partial charge in [0.1, 0.15) is 6.42 Å². The van der Waals surface area contributed by atoms with Crippen molar-refractivity contribution in [3.8, 4) is 0 Å². The second-order valence-corrected chi connectivity index (χ2v) is 2.12. The Morgan fingerprint density at radius 2 is 1.79 bits per heavy atom. The SMILES string of the molecule is COC(=O)CC(=O)C(=[N+]=[N-])C(=O)OC. The van der Waals surface area contributed by atoms with Crippen LogP contribution in [0, 0.1) is 0 Å². The molecule has 7 heteroatoms. The molecule has 0 aromatic heterocycles. The number of rotatable bonds is 4. The number of carbonyl (C=O) groups excluding carboxylic acids is 3.